The Labute approximate surface area is 170 Å². The molecule has 1 atom stereocenters. The molecular weight excluding hydrogens is 443 g/mol. The first-order valence-corrected chi connectivity index (χ1v) is 22.0. The number of hydrogen-bond donors (Lipinski definition) is 0. The molecule has 0 aromatic rings. The fraction of sp³-hybridized carbons (Fsp3) is 0.955. The number of hydrogen-bond acceptors (Lipinski definition) is 2. The molecule has 0 spiro atoms. The Hall–Kier alpha value is 0.486. The van der Waals surface area contributed by atoms with E-state index in [0.29, 0.717) is 10.2 Å². The summed E-state index contributed by atoms with van der Waals surface area (Å²) in [6, 6.07) is 0. The summed E-state index contributed by atoms with van der Waals surface area (Å²) in [6.45, 7) is 21.5. The van der Waals surface area contributed by atoms with E-state index in [9.17, 15) is 4.79 Å². The molecule has 0 radical (unpaired) electrons. The van der Waals surface area contributed by atoms with E-state index in [1.807, 2.05) is 6.92 Å². The van der Waals surface area contributed by atoms with Gasteiger partial charge < -0.3 is 0 Å². The number of carbonyl (C=O) groups excluding carboxylic acids is 1. The molecule has 0 aliphatic heterocycles. The third-order valence-electron chi connectivity index (χ3n) is 6.87. The van der Waals surface area contributed by atoms with E-state index in [0.717, 1.165) is 0 Å². The van der Waals surface area contributed by atoms with Crippen molar-refractivity contribution in [2.24, 2.45) is 0 Å². The van der Waals surface area contributed by atoms with Crippen LogP contribution in [-0.4, -0.2) is 39.0 Å². The average Bonchev–Trinajstić information content (AvgIpc) is 2.55. The van der Waals surface area contributed by atoms with Gasteiger partial charge in [-0.15, -0.1) is 0 Å². The number of ether oxygens (including phenoxy) is 1. The Morgan fingerprint density at radius 1 is 0.885 bits per heavy atom. The summed E-state index contributed by atoms with van der Waals surface area (Å²) >= 11 is -2.70. The van der Waals surface area contributed by atoms with Crippen LogP contribution in [0.4, 0.5) is 0 Å². The Kier molecular flexibility index (Phi) is 12.4. The topological polar surface area (TPSA) is 26.3 Å². The maximum atomic E-state index is 13.4. The first-order chi connectivity index (χ1) is 12.0. The second kappa shape index (κ2) is 12.1. The van der Waals surface area contributed by atoms with Gasteiger partial charge in [0.25, 0.3) is 0 Å². The van der Waals surface area contributed by atoms with Crippen LogP contribution < -0.4 is 0 Å². The molecule has 0 aromatic carbocycles. The maximum absolute atomic E-state index is 13.4. The molecule has 26 heavy (non-hydrogen) atoms. The van der Waals surface area contributed by atoms with Crippen molar-refractivity contribution < 1.29 is 9.53 Å². The number of carbonyl (C=O) groups is 1. The van der Waals surface area contributed by atoms with Gasteiger partial charge in [-0.25, -0.2) is 0 Å². The van der Waals surface area contributed by atoms with Gasteiger partial charge in [-0.2, -0.15) is 0 Å². The molecule has 0 fully saturated rings. The van der Waals surface area contributed by atoms with Gasteiger partial charge in [0.15, 0.2) is 0 Å². The third-order valence-corrected chi connectivity index (χ3v) is 38.4. The van der Waals surface area contributed by atoms with Crippen LogP contribution in [0.3, 0.4) is 0 Å². The Morgan fingerprint density at radius 3 is 1.54 bits per heavy atom. The van der Waals surface area contributed by atoms with Crippen LogP contribution in [0.15, 0.2) is 0 Å². The Bertz CT molecular complexity index is 380. The predicted octanol–water partition coefficient (Wildman–Crippen LogP) is 7.82. The minimum absolute atomic E-state index is 0.193. The average molecular weight is 491 g/mol. The third kappa shape index (κ3) is 7.14. The molecule has 0 saturated heterocycles. The van der Waals surface area contributed by atoms with E-state index in [1.165, 1.54) is 51.8 Å². The molecule has 4 heteroatoms. The van der Waals surface area contributed by atoms with Crippen LogP contribution in [-0.2, 0) is 9.53 Å². The standard InChI is InChI=1S/C10H21O2Si.3C4H9.Sn/c1-7-12-9(11)8-13(5,6)10(2,3)4;3*1-3-4-2;/h8H,7H2,1-6H3;3*1,3-4H2,2H3;. The van der Waals surface area contributed by atoms with E-state index in [2.05, 4.69) is 54.6 Å². The van der Waals surface area contributed by atoms with Gasteiger partial charge in [-0.3, -0.25) is 0 Å². The molecule has 0 amide bonds. The fourth-order valence-corrected chi connectivity index (χ4v) is 42.5. The van der Waals surface area contributed by atoms with Gasteiger partial charge in [0.2, 0.25) is 0 Å². The molecule has 0 heterocycles. The molecule has 0 bridgehead atoms. The monoisotopic (exact) mass is 492 g/mol. The molecule has 0 aromatic heterocycles. The van der Waals surface area contributed by atoms with E-state index < -0.39 is 26.5 Å². The van der Waals surface area contributed by atoms with Crippen molar-refractivity contribution >= 4 is 32.4 Å². The van der Waals surface area contributed by atoms with Gasteiger partial charge >= 0.3 is 171 Å². The van der Waals surface area contributed by atoms with E-state index in [1.54, 1.807) is 0 Å². The SMILES string of the molecule is CCC[CH2][Sn]([CH2]CCC)([CH2]CCC)[CH](C(=O)OCC)[Si](C)(C)C(C)(C)C. The van der Waals surface area contributed by atoms with Crippen molar-refractivity contribution in [1.82, 2.24) is 0 Å². The van der Waals surface area contributed by atoms with Crippen molar-refractivity contribution in [1.29, 1.82) is 0 Å². The first kappa shape index (κ1) is 26.5. The van der Waals surface area contributed by atoms with E-state index in [4.69, 9.17) is 4.74 Å². The second-order valence-electron chi connectivity index (χ2n) is 9.83. The molecule has 0 N–H and O–H groups in total. The summed E-state index contributed by atoms with van der Waals surface area (Å²) in [7, 11) is -1.80. The molecular formula is C22H48O2SiSn. The summed E-state index contributed by atoms with van der Waals surface area (Å²) in [5, 5.41) is 0.233. The van der Waals surface area contributed by atoms with Crippen LogP contribution in [0.25, 0.3) is 0 Å². The van der Waals surface area contributed by atoms with Crippen LogP contribution >= 0.6 is 0 Å². The summed E-state index contributed by atoms with van der Waals surface area (Å²) < 4.78 is 10.3. The molecule has 0 rings (SSSR count). The summed E-state index contributed by atoms with van der Waals surface area (Å²) in [5.74, 6) is 0.193. The van der Waals surface area contributed by atoms with Crippen molar-refractivity contribution in [2.45, 2.75) is 122 Å². The van der Waals surface area contributed by atoms with Crippen molar-refractivity contribution in [3.05, 3.63) is 0 Å². The minimum atomic E-state index is -2.70. The summed E-state index contributed by atoms with van der Waals surface area (Å²) in [4.78, 5) is 13.4. The molecule has 2 nitrogen and oxygen atoms in total. The normalized spacial score (nSPS) is 14.3. The van der Waals surface area contributed by atoms with Crippen molar-refractivity contribution in [2.75, 3.05) is 6.61 Å². The first-order valence-electron chi connectivity index (χ1n) is 11.2. The van der Waals surface area contributed by atoms with Crippen LogP contribution in [0.1, 0.15) is 87.0 Å². The predicted molar refractivity (Wildman–Crippen MR) is 122 cm³/mol. The molecule has 0 aliphatic carbocycles. The van der Waals surface area contributed by atoms with Crippen LogP contribution in [0, 0.1) is 0 Å². The number of esters is 1. The Balaban J connectivity index is 6.28. The zero-order valence-corrected chi connectivity index (χ0v) is 23.3. The van der Waals surface area contributed by atoms with Crippen molar-refractivity contribution in [3.8, 4) is 0 Å². The Morgan fingerprint density at radius 2 is 1.27 bits per heavy atom. The quantitative estimate of drug-likeness (QED) is 0.194. The van der Waals surface area contributed by atoms with Gasteiger partial charge in [0.05, 0.1) is 0 Å². The van der Waals surface area contributed by atoms with Gasteiger partial charge in [-0.1, -0.05) is 0 Å². The molecule has 0 aliphatic rings. The number of rotatable bonds is 13. The molecule has 156 valence electrons. The molecule has 0 saturated carbocycles. The van der Waals surface area contributed by atoms with Crippen LogP contribution in [0.2, 0.25) is 35.0 Å². The van der Waals surface area contributed by atoms with Gasteiger partial charge in [0, 0.05) is 0 Å². The van der Waals surface area contributed by atoms with E-state index >= 15 is 0 Å². The summed E-state index contributed by atoms with van der Waals surface area (Å²) in [6.07, 6.45) is 7.70. The van der Waals surface area contributed by atoms with Crippen LogP contribution in [0.5, 0.6) is 0 Å². The fourth-order valence-electron chi connectivity index (χ4n) is 4.36. The van der Waals surface area contributed by atoms with Gasteiger partial charge in [0.1, 0.15) is 0 Å². The molecule has 1 unspecified atom stereocenters. The zero-order chi connectivity index (χ0) is 20.4. The number of unbranched alkanes of at least 4 members (excludes halogenated alkanes) is 3. The van der Waals surface area contributed by atoms with Crippen molar-refractivity contribution in [3.63, 3.8) is 0 Å². The zero-order valence-electron chi connectivity index (χ0n) is 19.5. The second-order valence-corrected chi connectivity index (χ2v) is 30.7. The summed E-state index contributed by atoms with van der Waals surface area (Å²) in [5.41, 5.74) is 0. The van der Waals surface area contributed by atoms with E-state index in [-0.39, 0.29) is 11.0 Å². The van der Waals surface area contributed by atoms with Gasteiger partial charge in [-0.05, 0) is 0 Å².